The summed E-state index contributed by atoms with van der Waals surface area (Å²) in [5, 5.41) is 9.65. The van der Waals surface area contributed by atoms with Crippen LogP contribution in [0.15, 0.2) is 47.7 Å². The lowest BCUT2D eigenvalue weighted by Gasteiger charge is -2.33. The Bertz CT molecular complexity index is 947. The summed E-state index contributed by atoms with van der Waals surface area (Å²) in [6.07, 6.45) is 11.0. The molecule has 1 saturated heterocycles. The summed E-state index contributed by atoms with van der Waals surface area (Å²) in [5.74, 6) is 0.715. The molecule has 0 spiro atoms. The maximum atomic E-state index is 13.2. The maximum Gasteiger partial charge on any atom is 0.258 e. The van der Waals surface area contributed by atoms with Gasteiger partial charge in [0, 0.05) is 37.9 Å². The molecule has 7 heteroatoms. The molecule has 132 valence electrons. The van der Waals surface area contributed by atoms with Crippen LogP contribution in [0.1, 0.15) is 40.6 Å². The van der Waals surface area contributed by atoms with Crippen molar-refractivity contribution in [1.29, 1.82) is 5.26 Å². The normalized spacial score (nSPS) is 17.2. The number of rotatable bonds is 3. The van der Waals surface area contributed by atoms with Crippen LogP contribution in [0.3, 0.4) is 0 Å². The fraction of sp³-hybridized carbons (Fsp3) is 0.316. The van der Waals surface area contributed by atoms with Crippen LogP contribution in [0.4, 0.5) is 0 Å². The number of aryl methyl sites for hydroxylation is 1. The topological polar surface area (TPSA) is 80.0 Å². The molecule has 0 aromatic carbocycles. The number of amides is 1. The van der Waals surface area contributed by atoms with Crippen LogP contribution in [0, 0.1) is 18.3 Å². The average Bonchev–Trinajstić information content (AvgIpc) is 3.41. The van der Waals surface area contributed by atoms with Gasteiger partial charge in [0.05, 0.1) is 12.4 Å². The Morgan fingerprint density at radius 1 is 1.35 bits per heavy atom. The minimum atomic E-state index is -0.147. The molecule has 0 bridgehead atoms. The number of hydrogen-bond acceptors (Lipinski definition) is 4. The molecule has 1 unspecified atom stereocenters. The van der Waals surface area contributed by atoms with Gasteiger partial charge in [-0.25, -0.2) is 4.98 Å². The molecule has 1 amide bonds. The van der Waals surface area contributed by atoms with Gasteiger partial charge in [-0.2, -0.15) is 5.26 Å². The van der Waals surface area contributed by atoms with E-state index < -0.39 is 0 Å². The van der Waals surface area contributed by atoms with Crippen molar-refractivity contribution in [3.05, 3.63) is 60.1 Å². The third-order valence-electron chi connectivity index (χ3n) is 4.86. The first-order valence-electron chi connectivity index (χ1n) is 8.62. The summed E-state index contributed by atoms with van der Waals surface area (Å²) in [7, 11) is 0. The molecule has 1 aliphatic rings. The van der Waals surface area contributed by atoms with Crippen LogP contribution in [-0.2, 0) is 0 Å². The summed E-state index contributed by atoms with van der Waals surface area (Å²) in [6, 6.07) is 6.06. The van der Waals surface area contributed by atoms with Gasteiger partial charge in [0.2, 0.25) is 5.88 Å². The standard InChI is InChI=1S/C19H19N5O2/c1-14-17(16(11-20)19(26-14)22-7-2-3-8-22)18(25)23-9-4-5-15(12-23)24-10-6-21-13-24/h2-3,6-8,10,13,15H,4-5,9,12H2,1H3. The lowest BCUT2D eigenvalue weighted by atomic mass is 10.0. The van der Waals surface area contributed by atoms with Gasteiger partial charge in [0.25, 0.3) is 5.91 Å². The van der Waals surface area contributed by atoms with E-state index in [1.54, 1.807) is 36.4 Å². The number of carbonyl (C=O) groups is 1. The highest BCUT2D eigenvalue weighted by molar-refractivity contribution is 5.98. The molecule has 4 rings (SSSR count). The lowest BCUT2D eigenvalue weighted by molar-refractivity contribution is 0.0677. The maximum absolute atomic E-state index is 13.2. The van der Waals surface area contributed by atoms with Gasteiger partial charge in [-0.15, -0.1) is 0 Å². The van der Waals surface area contributed by atoms with Crippen LogP contribution >= 0.6 is 0 Å². The summed E-state index contributed by atoms with van der Waals surface area (Å²) < 4.78 is 9.52. The Morgan fingerprint density at radius 2 is 2.15 bits per heavy atom. The predicted molar refractivity (Wildman–Crippen MR) is 93.9 cm³/mol. The highest BCUT2D eigenvalue weighted by Gasteiger charge is 2.31. The molecule has 0 radical (unpaired) electrons. The zero-order valence-electron chi connectivity index (χ0n) is 14.5. The van der Waals surface area contributed by atoms with Gasteiger partial charge in [-0.1, -0.05) is 0 Å². The Kier molecular flexibility index (Phi) is 4.09. The predicted octanol–water partition coefficient (Wildman–Crippen LogP) is 2.92. The second-order valence-corrected chi connectivity index (χ2v) is 6.47. The average molecular weight is 349 g/mol. The van der Waals surface area contributed by atoms with E-state index in [-0.39, 0.29) is 17.5 Å². The second-order valence-electron chi connectivity index (χ2n) is 6.47. The third-order valence-corrected chi connectivity index (χ3v) is 4.86. The smallest absolute Gasteiger partial charge is 0.258 e. The van der Waals surface area contributed by atoms with Crippen molar-refractivity contribution in [3.63, 3.8) is 0 Å². The fourth-order valence-corrected chi connectivity index (χ4v) is 3.57. The van der Waals surface area contributed by atoms with Crippen molar-refractivity contribution in [2.24, 2.45) is 0 Å². The summed E-state index contributed by atoms with van der Waals surface area (Å²) >= 11 is 0. The minimum Gasteiger partial charge on any atom is -0.443 e. The largest absolute Gasteiger partial charge is 0.443 e. The second kappa shape index (κ2) is 6.56. The van der Waals surface area contributed by atoms with E-state index in [1.807, 2.05) is 27.8 Å². The van der Waals surface area contributed by atoms with Crippen LogP contribution < -0.4 is 0 Å². The van der Waals surface area contributed by atoms with E-state index in [2.05, 4.69) is 11.1 Å². The van der Waals surface area contributed by atoms with E-state index in [9.17, 15) is 10.1 Å². The molecular formula is C19H19N5O2. The Balaban J connectivity index is 1.65. The van der Waals surface area contributed by atoms with E-state index >= 15 is 0 Å². The Morgan fingerprint density at radius 3 is 2.85 bits per heavy atom. The zero-order chi connectivity index (χ0) is 18.1. The number of imidazole rings is 1. The Labute approximate surface area is 151 Å². The van der Waals surface area contributed by atoms with Gasteiger partial charge in [0.1, 0.15) is 23.0 Å². The quantitative estimate of drug-likeness (QED) is 0.728. The van der Waals surface area contributed by atoms with Crippen molar-refractivity contribution in [1.82, 2.24) is 19.0 Å². The number of furan rings is 1. The molecule has 3 aromatic rings. The molecule has 0 saturated carbocycles. The number of hydrogen-bond donors (Lipinski definition) is 0. The molecule has 26 heavy (non-hydrogen) atoms. The van der Waals surface area contributed by atoms with E-state index in [4.69, 9.17) is 4.42 Å². The van der Waals surface area contributed by atoms with Crippen LogP contribution in [-0.4, -0.2) is 38.0 Å². The van der Waals surface area contributed by atoms with Crippen molar-refractivity contribution in [3.8, 4) is 12.0 Å². The van der Waals surface area contributed by atoms with Gasteiger partial charge in [-0.05, 0) is 31.9 Å². The SMILES string of the molecule is Cc1oc(-n2cccc2)c(C#N)c1C(=O)N1CCCC(n2ccnc2)C1. The first-order chi connectivity index (χ1) is 12.7. The number of nitriles is 1. The minimum absolute atomic E-state index is 0.147. The molecule has 1 fully saturated rings. The highest BCUT2D eigenvalue weighted by atomic mass is 16.4. The molecule has 0 N–H and O–H groups in total. The number of aromatic nitrogens is 3. The van der Waals surface area contributed by atoms with Crippen molar-refractivity contribution < 1.29 is 9.21 Å². The van der Waals surface area contributed by atoms with Crippen molar-refractivity contribution in [2.75, 3.05) is 13.1 Å². The van der Waals surface area contributed by atoms with Crippen LogP contribution in [0.5, 0.6) is 0 Å². The van der Waals surface area contributed by atoms with E-state index in [1.165, 1.54) is 0 Å². The monoisotopic (exact) mass is 349 g/mol. The Hall–Kier alpha value is -3.27. The zero-order valence-corrected chi connectivity index (χ0v) is 14.5. The highest BCUT2D eigenvalue weighted by Crippen LogP contribution is 2.29. The van der Waals surface area contributed by atoms with Crippen molar-refractivity contribution in [2.45, 2.75) is 25.8 Å². The van der Waals surface area contributed by atoms with Gasteiger partial charge in [-0.3, -0.25) is 9.36 Å². The van der Waals surface area contributed by atoms with Gasteiger partial charge >= 0.3 is 0 Å². The molecule has 4 heterocycles. The van der Waals surface area contributed by atoms with E-state index in [0.29, 0.717) is 30.3 Å². The van der Waals surface area contributed by atoms with Crippen LogP contribution in [0.25, 0.3) is 5.88 Å². The molecule has 0 aliphatic carbocycles. The third kappa shape index (κ3) is 2.69. The van der Waals surface area contributed by atoms with Gasteiger partial charge < -0.3 is 13.9 Å². The lowest BCUT2D eigenvalue weighted by Crippen LogP contribution is -2.40. The summed E-state index contributed by atoms with van der Waals surface area (Å²) in [4.78, 5) is 19.1. The van der Waals surface area contributed by atoms with Gasteiger partial charge in [0.15, 0.2) is 0 Å². The molecule has 1 atom stereocenters. The molecular weight excluding hydrogens is 330 g/mol. The first-order valence-corrected chi connectivity index (χ1v) is 8.62. The summed E-state index contributed by atoms with van der Waals surface area (Å²) in [6.45, 7) is 3.01. The van der Waals surface area contributed by atoms with Crippen LogP contribution in [0.2, 0.25) is 0 Å². The number of piperidine rings is 1. The first kappa shape index (κ1) is 16.2. The number of likely N-dealkylation sites (tertiary alicyclic amines) is 1. The molecule has 3 aromatic heterocycles. The number of nitrogens with zero attached hydrogens (tertiary/aromatic N) is 5. The summed E-state index contributed by atoms with van der Waals surface area (Å²) in [5.41, 5.74) is 0.649. The number of carbonyl (C=O) groups excluding carboxylic acids is 1. The molecule has 1 aliphatic heterocycles. The van der Waals surface area contributed by atoms with Crippen molar-refractivity contribution >= 4 is 5.91 Å². The van der Waals surface area contributed by atoms with E-state index in [0.717, 1.165) is 12.8 Å². The molecule has 7 nitrogen and oxygen atoms in total. The fourth-order valence-electron chi connectivity index (χ4n) is 3.57.